The van der Waals surface area contributed by atoms with Crippen LogP contribution in [0.4, 0.5) is 0 Å². The lowest BCUT2D eigenvalue weighted by Crippen LogP contribution is -2.07. The van der Waals surface area contributed by atoms with Gasteiger partial charge in [-0.3, -0.25) is 4.79 Å². The number of fused-ring (bicyclic) bond motifs is 1. The van der Waals surface area contributed by atoms with Crippen LogP contribution < -0.4 is 4.74 Å². The first-order valence-electron chi connectivity index (χ1n) is 6.69. The predicted molar refractivity (Wildman–Crippen MR) is 87.0 cm³/mol. The van der Waals surface area contributed by atoms with E-state index in [1.54, 1.807) is 0 Å². The number of hydrogen-bond donors (Lipinski definition) is 0. The SMILES string of the molecule is O=Cc1cn(CCOc2ccc(Br)cc2)c2ccccc12. The normalized spacial score (nSPS) is 10.7. The van der Waals surface area contributed by atoms with E-state index in [0.717, 1.165) is 27.4 Å². The van der Waals surface area contributed by atoms with Gasteiger partial charge in [-0.2, -0.15) is 0 Å². The molecular formula is C17H14BrNO2. The van der Waals surface area contributed by atoms with Crippen LogP contribution in [0, 0.1) is 0 Å². The van der Waals surface area contributed by atoms with Gasteiger partial charge in [0.05, 0.1) is 6.54 Å². The number of halogens is 1. The van der Waals surface area contributed by atoms with E-state index in [2.05, 4.69) is 20.5 Å². The molecule has 0 spiro atoms. The van der Waals surface area contributed by atoms with Crippen molar-refractivity contribution >= 4 is 33.1 Å². The highest BCUT2D eigenvalue weighted by Gasteiger charge is 2.06. The molecule has 0 radical (unpaired) electrons. The van der Waals surface area contributed by atoms with Gasteiger partial charge in [0.2, 0.25) is 0 Å². The maximum atomic E-state index is 11.1. The summed E-state index contributed by atoms with van der Waals surface area (Å²) in [5.41, 5.74) is 1.77. The first kappa shape index (κ1) is 13.9. The zero-order valence-electron chi connectivity index (χ0n) is 11.3. The number of benzene rings is 2. The molecule has 3 aromatic rings. The summed E-state index contributed by atoms with van der Waals surface area (Å²) in [5, 5.41) is 0.983. The second kappa shape index (κ2) is 6.14. The molecule has 0 saturated heterocycles. The minimum Gasteiger partial charge on any atom is -0.492 e. The van der Waals surface area contributed by atoms with Crippen LogP contribution in [-0.4, -0.2) is 17.5 Å². The molecule has 0 aliphatic carbocycles. The van der Waals surface area contributed by atoms with Gasteiger partial charge in [0.25, 0.3) is 0 Å². The molecule has 0 N–H and O–H groups in total. The molecule has 0 bridgehead atoms. The van der Waals surface area contributed by atoms with Crippen molar-refractivity contribution in [3.8, 4) is 5.75 Å². The summed E-state index contributed by atoms with van der Waals surface area (Å²) in [5.74, 6) is 0.838. The number of ether oxygens (including phenoxy) is 1. The molecule has 0 aliphatic heterocycles. The molecule has 1 aromatic heterocycles. The molecule has 0 amide bonds. The highest BCUT2D eigenvalue weighted by atomic mass is 79.9. The van der Waals surface area contributed by atoms with E-state index >= 15 is 0 Å². The first-order chi connectivity index (χ1) is 10.3. The van der Waals surface area contributed by atoms with E-state index in [1.165, 1.54) is 0 Å². The Hall–Kier alpha value is -2.07. The zero-order valence-corrected chi connectivity index (χ0v) is 12.9. The largest absolute Gasteiger partial charge is 0.492 e. The Morgan fingerprint density at radius 2 is 1.86 bits per heavy atom. The summed E-state index contributed by atoms with van der Waals surface area (Å²) in [4.78, 5) is 11.1. The van der Waals surface area contributed by atoms with Gasteiger partial charge in [-0.25, -0.2) is 0 Å². The van der Waals surface area contributed by atoms with Crippen LogP contribution in [0.3, 0.4) is 0 Å². The number of aromatic nitrogens is 1. The lowest BCUT2D eigenvalue weighted by atomic mass is 10.2. The molecule has 3 rings (SSSR count). The molecule has 0 unspecified atom stereocenters. The topological polar surface area (TPSA) is 31.2 Å². The molecule has 0 atom stereocenters. The van der Waals surface area contributed by atoms with E-state index in [0.29, 0.717) is 18.7 Å². The van der Waals surface area contributed by atoms with E-state index in [9.17, 15) is 4.79 Å². The maximum Gasteiger partial charge on any atom is 0.152 e. The molecule has 3 nitrogen and oxygen atoms in total. The second-order valence-electron chi connectivity index (χ2n) is 4.72. The minimum absolute atomic E-state index is 0.554. The minimum atomic E-state index is 0.554. The number of nitrogens with zero attached hydrogens (tertiary/aromatic N) is 1. The Morgan fingerprint density at radius 1 is 1.10 bits per heavy atom. The van der Waals surface area contributed by atoms with Crippen LogP contribution in [-0.2, 0) is 6.54 Å². The van der Waals surface area contributed by atoms with Gasteiger partial charge >= 0.3 is 0 Å². The smallest absolute Gasteiger partial charge is 0.152 e. The number of hydrogen-bond acceptors (Lipinski definition) is 2. The van der Waals surface area contributed by atoms with E-state index < -0.39 is 0 Å². The van der Waals surface area contributed by atoms with Crippen LogP contribution >= 0.6 is 15.9 Å². The van der Waals surface area contributed by atoms with Crippen LogP contribution in [0.1, 0.15) is 10.4 Å². The third-order valence-electron chi connectivity index (χ3n) is 3.36. The standard InChI is InChI=1S/C17H14BrNO2/c18-14-5-7-15(8-6-14)21-10-9-19-11-13(12-20)16-3-1-2-4-17(16)19/h1-8,11-12H,9-10H2. The van der Waals surface area contributed by atoms with Crippen LogP contribution in [0.15, 0.2) is 59.2 Å². The van der Waals surface area contributed by atoms with Gasteiger partial charge < -0.3 is 9.30 Å². The van der Waals surface area contributed by atoms with Crippen molar-refractivity contribution in [3.63, 3.8) is 0 Å². The van der Waals surface area contributed by atoms with Gasteiger partial charge in [-0.1, -0.05) is 34.1 Å². The summed E-state index contributed by atoms with van der Waals surface area (Å²) in [7, 11) is 0. The van der Waals surface area contributed by atoms with Crippen LogP contribution in [0.5, 0.6) is 5.75 Å². The molecule has 4 heteroatoms. The fourth-order valence-corrected chi connectivity index (χ4v) is 2.61. The van der Waals surface area contributed by atoms with Crippen molar-refractivity contribution in [2.24, 2.45) is 0 Å². The lowest BCUT2D eigenvalue weighted by molar-refractivity contribution is 0.112. The summed E-state index contributed by atoms with van der Waals surface area (Å²) >= 11 is 3.40. The van der Waals surface area contributed by atoms with E-state index in [1.807, 2.05) is 54.7 Å². The zero-order chi connectivity index (χ0) is 14.7. The fourth-order valence-electron chi connectivity index (χ4n) is 2.35. The lowest BCUT2D eigenvalue weighted by Gasteiger charge is -2.08. The summed E-state index contributed by atoms with van der Waals surface area (Å²) < 4.78 is 8.81. The highest BCUT2D eigenvalue weighted by molar-refractivity contribution is 9.10. The van der Waals surface area contributed by atoms with Crippen LogP contribution in [0.25, 0.3) is 10.9 Å². The number of carbonyl (C=O) groups is 1. The fraction of sp³-hybridized carbons (Fsp3) is 0.118. The maximum absolute atomic E-state index is 11.1. The summed E-state index contributed by atoms with van der Waals surface area (Å²) in [6.45, 7) is 1.25. The molecule has 0 fully saturated rings. The Bertz CT molecular complexity index is 762. The predicted octanol–water partition coefficient (Wildman–Crippen LogP) is 4.30. The van der Waals surface area contributed by atoms with Gasteiger partial charge in [0, 0.05) is 27.1 Å². The van der Waals surface area contributed by atoms with Gasteiger partial charge in [0.15, 0.2) is 6.29 Å². The molecule has 0 saturated carbocycles. The van der Waals surface area contributed by atoms with E-state index in [-0.39, 0.29) is 0 Å². The Balaban J connectivity index is 1.73. The van der Waals surface area contributed by atoms with Crippen molar-refractivity contribution in [2.75, 3.05) is 6.61 Å². The van der Waals surface area contributed by atoms with Gasteiger partial charge in [-0.15, -0.1) is 0 Å². The van der Waals surface area contributed by atoms with Crippen LogP contribution in [0.2, 0.25) is 0 Å². The second-order valence-corrected chi connectivity index (χ2v) is 5.63. The molecule has 0 aliphatic rings. The van der Waals surface area contributed by atoms with Crippen molar-refractivity contribution in [1.82, 2.24) is 4.57 Å². The molecule has 21 heavy (non-hydrogen) atoms. The monoisotopic (exact) mass is 343 g/mol. The third-order valence-corrected chi connectivity index (χ3v) is 3.89. The van der Waals surface area contributed by atoms with Crippen molar-refractivity contribution in [1.29, 1.82) is 0 Å². The number of carbonyl (C=O) groups excluding carboxylic acids is 1. The molecule has 1 heterocycles. The Kier molecular flexibility index (Phi) is 4.06. The quantitative estimate of drug-likeness (QED) is 0.647. The third kappa shape index (κ3) is 3.00. The van der Waals surface area contributed by atoms with Crippen molar-refractivity contribution in [2.45, 2.75) is 6.54 Å². The Morgan fingerprint density at radius 3 is 2.62 bits per heavy atom. The van der Waals surface area contributed by atoms with Gasteiger partial charge in [-0.05, 0) is 30.3 Å². The highest BCUT2D eigenvalue weighted by Crippen LogP contribution is 2.20. The number of para-hydroxylation sites is 1. The first-order valence-corrected chi connectivity index (χ1v) is 7.48. The average Bonchev–Trinajstić information content (AvgIpc) is 2.88. The Labute approximate surface area is 131 Å². The molecule has 2 aromatic carbocycles. The van der Waals surface area contributed by atoms with Crippen molar-refractivity contribution in [3.05, 3.63) is 64.8 Å². The number of rotatable bonds is 5. The van der Waals surface area contributed by atoms with E-state index in [4.69, 9.17) is 4.74 Å². The van der Waals surface area contributed by atoms with Crippen molar-refractivity contribution < 1.29 is 9.53 Å². The van der Waals surface area contributed by atoms with Gasteiger partial charge in [0.1, 0.15) is 12.4 Å². The molecular weight excluding hydrogens is 330 g/mol. The average molecular weight is 344 g/mol. The summed E-state index contributed by atoms with van der Waals surface area (Å²) in [6, 6.07) is 15.6. The summed E-state index contributed by atoms with van der Waals surface area (Å²) in [6.07, 6.45) is 2.77. The number of aldehydes is 1. The molecule has 106 valence electrons.